The first-order valence-electron chi connectivity index (χ1n) is 5.38. The van der Waals surface area contributed by atoms with Crippen molar-refractivity contribution in [1.29, 1.82) is 0 Å². The monoisotopic (exact) mass is 261 g/mol. The lowest BCUT2D eigenvalue weighted by Crippen LogP contribution is -2.20. The van der Waals surface area contributed by atoms with Crippen molar-refractivity contribution >= 4 is 17.6 Å². The molecule has 2 rings (SSSR count). The highest BCUT2D eigenvalue weighted by Crippen LogP contribution is 2.15. The summed E-state index contributed by atoms with van der Waals surface area (Å²) in [6, 6.07) is 6.57. The minimum absolute atomic E-state index is 0.0392. The van der Waals surface area contributed by atoms with E-state index in [1.165, 1.54) is 18.1 Å². The van der Waals surface area contributed by atoms with Crippen LogP contribution in [0.25, 0.3) is 0 Å². The van der Waals surface area contributed by atoms with Gasteiger partial charge in [-0.15, -0.1) is 5.10 Å². The number of carbonyl (C=O) groups is 2. The molecule has 1 amide bonds. The zero-order valence-electron chi connectivity index (χ0n) is 10.1. The first-order chi connectivity index (χ1) is 9.20. The van der Waals surface area contributed by atoms with Crippen LogP contribution in [0, 0.1) is 0 Å². The Hall–Kier alpha value is -2.77. The number of aromatic nitrogens is 4. The van der Waals surface area contributed by atoms with Crippen LogP contribution in [-0.2, 0) is 16.1 Å². The molecule has 1 aromatic carbocycles. The summed E-state index contributed by atoms with van der Waals surface area (Å²) >= 11 is 0. The van der Waals surface area contributed by atoms with Gasteiger partial charge in [-0.25, -0.2) is 9.48 Å². The van der Waals surface area contributed by atoms with E-state index in [1.807, 2.05) is 0 Å². The van der Waals surface area contributed by atoms with Crippen LogP contribution in [0.2, 0.25) is 0 Å². The molecule has 19 heavy (non-hydrogen) atoms. The molecule has 2 aromatic rings. The van der Waals surface area contributed by atoms with E-state index in [-0.39, 0.29) is 18.0 Å². The molecule has 0 aliphatic carbocycles. The number of methoxy groups -OCH3 is 1. The van der Waals surface area contributed by atoms with Crippen molar-refractivity contribution in [3.8, 4) is 0 Å². The van der Waals surface area contributed by atoms with Crippen LogP contribution in [0.4, 0.5) is 5.69 Å². The third-order valence-electron chi connectivity index (χ3n) is 2.30. The van der Waals surface area contributed by atoms with E-state index in [0.29, 0.717) is 5.69 Å². The van der Waals surface area contributed by atoms with E-state index in [1.54, 1.807) is 24.3 Å². The molecular weight excluding hydrogens is 250 g/mol. The van der Waals surface area contributed by atoms with Gasteiger partial charge in [0.15, 0.2) is 0 Å². The first-order valence-corrected chi connectivity index (χ1v) is 5.38. The minimum atomic E-state index is -0.515. The van der Waals surface area contributed by atoms with E-state index in [9.17, 15) is 9.59 Å². The largest absolute Gasteiger partial charge is 0.465 e. The maximum atomic E-state index is 11.8. The Morgan fingerprint density at radius 2 is 2.16 bits per heavy atom. The van der Waals surface area contributed by atoms with Gasteiger partial charge in [-0.1, -0.05) is 12.1 Å². The SMILES string of the molecule is COC(=O)c1ccccc1NC(=O)Cn1cnnn1. The maximum absolute atomic E-state index is 11.8. The van der Waals surface area contributed by atoms with Crippen molar-refractivity contribution < 1.29 is 14.3 Å². The Morgan fingerprint density at radius 3 is 2.84 bits per heavy atom. The molecule has 0 radical (unpaired) electrons. The van der Waals surface area contributed by atoms with E-state index >= 15 is 0 Å². The van der Waals surface area contributed by atoms with Crippen molar-refractivity contribution in [3.63, 3.8) is 0 Å². The van der Waals surface area contributed by atoms with Gasteiger partial charge in [-0.05, 0) is 22.6 Å². The van der Waals surface area contributed by atoms with Gasteiger partial charge in [-0.2, -0.15) is 0 Å². The summed E-state index contributed by atoms with van der Waals surface area (Å²) in [6.07, 6.45) is 1.33. The predicted octanol–water partition coefficient (Wildman–Crippen LogP) is 0.0984. The fourth-order valence-electron chi connectivity index (χ4n) is 1.47. The number of rotatable bonds is 4. The smallest absolute Gasteiger partial charge is 0.339 e. The van der Waals surface area contributed by atoms with Crippen molar-refractivity contribution in [2.45, 2.75) is 6.54 Å². The molecule has 0 fully saturated rings. The molecule has 8 nitrogen and oxygen atoms in total. The molecular formula is C11H11N5O3. The van der Waals surface area contributed by atoms with Crippen molar-refractivity contribution in [2.24, 2.45) is 0 Å². The average Bonchev–Trinajstić information content (AvgIpc) is 2.91. The Labute approximate surface area is 108 Å². The predicted molar refractivity (Wildman–Crippen MR) is 64.2 cm³/mol. The number of nitrogens with one attached hydrogen (secondary N) is 1. The number of esters is 1. The average molecular weight is 261 g/mol. The Bertz CT molecular complexity index is 582. The molecule has 1 N–H and O–H groups in total. The van der Waals surface area contributed by atoms with Gasteiger partial charge in [-0.3, -0.25) is 4.79 Å². The zero-order valence-corrected chi connectivity index (χ0v) is 10.1. The Balaban J connectivity index is 2.10. The minimum Gasteiger partial charge on any atom is -0.465 e. The summed E-state index contributed by atoms with van der Waals surface area (Å²) in [4.78, 5) is 23.3. The van der Waals surface area contributed by atoms with Gasteiger partial charge in [0.25, 0.3) is 0 Å². The van der Waals surface area contributed by atoms with E-state index in [0.717, 1.165) is 0 Å². The van der Waals surface area contributed by atoms with Crippen molar-refractivity contribution in [3.05, 3.63) is 36.2 Å². The molecule has 1 aromatic heterocycles. The molecule has 0 saturated carbocycles. The highest BCUT2D eigenvalue weighted by atomic mass is 16.5. The Morgan fingerprint density at radius 1 is 1.37 bits per heavy atom. The highest BCUT2D eigenvalue weighted by Gasteiger charge is 2.13. The van der Waals surface area contributed by atoms with E-state index in [4.69, 9.17) is 0 Å². The van der Waals surface area contributed by atoms with Gasteiger partial charge in [0.1, 0.15) is 12.9 Å². The maximum Gasteiger partial charge on any atom is 0.339 e. The Kier molecular flexibility index (Phi) is 3.81. The lowest BCUT2D eigenvalue weighted by atomic mass is 10.2. The number of hydrogen-bond donors (Lipinski definition) is 1. The summed E-state index contributed by atoms with van der Waals surface area (Å²) in [6.45, 7) is -0.0392. The van der Waals surface area contributed by atoms with Gasteiger partial charge in [0.2, 0.25) is 5.91 Å². The summed E-state index contributed by atoms with van der Waals surface area (Å²) in [7, 11) is 1.28. The molecule has 8 heteroatoms. The number of carbonyl (C=O) groups excluding carboxylic acids is 2. The molecule has 0 saturated heterocycles. The molecule has 0 aliphatic rings. The fourth-order valence-corrected chi connectivity index (χ4v) is 1.47. The van der Waals surface area contributed by atoms with Crippen LogP contribution in [0.3, 0.4) is 0 Å². The number of anilines is 1. The van der Waals surface area contributed by atoms with E-state index < -0.39 is 5.97 Å². The van der Waals surface area contributed by atoms with Gasteiger partial charge in [0.05, 0.1) is 18.4 Å². The standard InChI is InChI=1S/C11H11N5O3/c1-19-11(18)8-4-2-3-5-9(8)13-10(17)6-16-7-12-14-15-16/h2-5,7H,6H2,1H3,(H,13,17). The number of benzene rings is 1. The molecule has 0 bridgehead atoms. The third-order valence-corrected chi connectivity index (χ3v) is 2.30. The van der Waals surface area contributed by atoms with Crippen LogP contribution in [0.5, 0.6) is 0 Å². The molecule has 0 atom stereocenters. The summed E-state index contributed by atoms with van der Waals surface area (Å²) in [5, 5.41) is 13.0. The quantitative estimate of drug-likeness (QED) is 0.783. The fraction of sp³-hybridized carbons (Fsp3) is 0.182. The van der Waals surface area contributed by atoms with Crippen LogP contribution in [-0.4, -0.2) is 39.2 Å². The first kappa shape index (κ1) is 12.7. The van der Waals surface area contributed by atoms with Crippen LogP contribution < -0.4 is 5.32 Å². The summed E-state index contributed by atoms with van der Waals surface area (Å²) in [5.74, 6) is -0.859. The lowest BCUT2D eigenvalue weighted by Gasteiger charge is -2.09. The summed E-state index contributed by atoms with van der Waals surface area (Å²) < 4.78 is 5.91. The topological polar surface area (TPSA) is 99.0 Å². The molecule has 0 spiro atoms. The molecule has 0 unspecified atom stereocenters. The highest BCUT2D eigenvalue weighted by molar-refractivity contribution is 6.01. The second-order valence-corrected chi connectivity index (χ2v) is 3.59. The van der Waals surface area contributed by atoms with Crippen LogP contribution in [0.1, 0.15) is 10.4 Å². The number of para-hydroxylation sites is 1. The molecule has 0 aliphatic heterocycles. The van der Waals surface area contributed by atoms with Gasteiger partial charge < -0.3 is 10.1 Å². The molecule has 1 heterocycles. The van der Waals surface area contributed by atoms with Crippen LogP contribution >= 0.6 is 0 Å². The normalized spacial score (nSPS) is 9.95. The van der Waals surface area contributed by atoms with Crippen molar-refractivity contribution in [1.82, 2.24) is 20.2 Å². The second kappa shape index (κ2) is 5.71. The van der Waals surface area contributed by atoms with E-state index in [2.05, 4.69) is 25.6 Å². The molecule has 98 valence electrons. The number of ether oxygens (including phenoxy) is 1. The summed E-state index contributed by atoms with van der Waals surface area (Å²) in [5.41, 5.74) is 0.669. The van der Waals surface area contributed by atoms with Crippen molar-refractivity contribution in [2.75, 3.05) is 12.4 Å². The second-order valence-electron chi connectivity index (χ2n) is 3.59. The zero-order chi connectivity index (χ0) is 13.7. The lowest BCUT2D eigenvalue weighted by molar-refractivity contribution is -0.116. The number of tetrazole rings is 1. The van der Waals surface area contributed by atoms with Crippen LogP contribution in [0.15, 0.2) is 30.6 Å². The number of nitrogens with zero attached hydrogens (tertiary/aromatic N) is 4. The third kappa shape index (κ3) is 3.12. The van der Waals surface area contributed by atoms with Gasteiger partial charge >= 0.3 is 5.97 Å². The van der Waals surface area contributed by atoms with Gasteiger partial charge in [0, 0.05) is 0 Å². The number of hydrogen-bond acceptors (Lipinski definition) is 6. The number of amides is 1.